The molecule has 5 heteroatoms. The maximum absolute atomic E-state index is 12.2. The molecule has 2 aromatic carbocycles. The molecule has 0 aliphatic rings. The number of rotatable bonds is 4. The third kappa shape index (κ3) is 4.08. The molecule has 0 fully saturated rings. The number of carbonyl (C=O) groups excluding carboxylic acids is 2. The van der Waals surface area contributed by atoms with Crippen LogP contribution in [0.5, 0.6) is 0 Å². The van der Waals surface area contributed by atoms with Crippen LogP contribution in [-0.4, -0.2) is 19.0 Å². The predicted molar refractivity (Wildman–Crippen MR) is 91.2 cm³/mol. The summed E-state index contributed by atoms with van der Waals surface area (Å²) in [5.74, 6) is -0.924. The lowest BCUT2D eigenvalue weighted by molar-refractivity contribution is -0.112. The molecule has 24 heavy (non-hydrogen) atoms. The molecule has 2 rings (SSSR count). The second kappa shape index (κ2) is 7.75. The third-order valence-electron chi connectivity index (χ3n) is 3.40. The van der Waals surface area contributed by atoms with Crippen LogP contribution in [-0.2, 0) is 9.53 Å². The Morgan fingerprint density at radius 3 is 2.38 bits per heavy atom. The number of aryl methyl sites for hydroxylation is 1. The summed E-state index contributed by atoms with van der Waals surface area (Å²) < 4.78 is 4.62. The van der Waals surface area contributed by atoms with Gasteiger partial charge in [0.05, 0.1) is 12.7 Å². The fraction of sp³-hybridized carbons (Fsp3) is 0.105. The van der Waals surface area contributed by atoms with E-state index < -0.39 is 11.9 Å². The number of nitrogens with one attached hydrogen (secondary N) is 1. The third-order valence-corrected chi connectivity index (χ3v) is 3.40. The second-order valence-corrected chi connectivity index (χ2v) is 5.05. The van der Waals surface area contributed by atoms with E-state index in [2.05, 4.69) is 10.1 Å². The number of methoxy groups -OCH3 is 1. The number of hydrogen-bond donors (Lipinski definition) is 1. The van der Waals surface area contributed by atoms with E-state index in [1.807, 2.05) is 31.2 Å². The van der Waals surface area contributed by atoms with E-state index >= 15 is 0 Å². The van der Waals surface area contributed by atoms with Crippen molar-refractivity contribution in [2.24, 2.45) is 0 Å². The van der Waals surface area contributed by atoms with E-state index in [9.17, 15) is 14.9 Å². The first kappa shape index (κ1) is 17.0. The SMILES string of the molecule is COC(=O)c1ccc(C=C(C#N)C(=O)Nc2ccccc2C)cc1. The molecule has 1 N–H and O–H groups in total. The number of nitriles is 1. The van der Waals surface area contributed by atoms with Crippen molar-refractivity contribution in [1.82, 2.24) is 0 Å². The zero-order chi connectivity index (χ0) is 17.5. The van der Waals surface area contributed by atoms with E-state index in [0.717, 1.165) is 5.56 Å². The topological polar surface area (TPSA) is 79.2 Å². The highest BCUT2D eigenvalue weighted by atomic mass is 16.5. The lowest BCUT2D eigenvalue weighted by Gasteiger charge is -2.07. The molecular formula is C19H16N2O3. The van der Waals surface area contributed by atoms with E-state index in [1.165, 1.54) is 13.2 Å². The van der Waals surface area contributed by atoms with E-state index in [1.54, 1.807) is 30.3 Å². The Bertz CT molecular complexity index is 830. The van der Waals surface area contributed by atoms with Gasteiger partial charge in [0, 0.05) is 5.69 Å². The second-order valence-electron chi connectivity index (χ2n) is 5.05. The van der Waals surface area contributed by atoms with Crippen LogP contribution in [0, 0.1) is 18.3 Å². The van der Waals surface area contributed by atoms with Crippen LogP contribution in [0.2, 0.25) is 0 Å². The van der Waals surface area contributed by atoms with Crippen molar-refractivity contribution in [1.29, 1.82) is 5.26 Å². The first-order valence-corrected chi connectivity index (χ1v) is 7.22. The fourth-order valence-corrected chi connectivity index (χ4v) is 2.05. The van der Waals surface area contributed by atoms with Crippen LogP contribution in [0.15, 0.2) is 54.1 Å². The Labute approximate surface area is 140 Å². The summed E-state index contributed by atoms with van der Waals surface area (Å²) in [6, 6.07) is 15.7. The van der Waals surface area contributed by atoms with E-state index in [-0.39, 0.29) is 5.57 Å². The van der Waals surface area contributed by atoms with Crippen LogP contribution in [0.1, 0.15) is 21.5 Å². The van der Waals surface area contributed by atoms with E-state index in [0.29, 0.717) is 16.8 Å². The molecule has 2 aromatic rings. The maximum atomic E-state index is 12.2. The predicted octanol–water partition coefficient (Wildman–Crippen LogP) is 3.33. The number of carbonyl (C=O) groups is 2. The number of nitrogens with zero attached hydrogens (tertiary/aromatic N) is 1. The average Bonchev–Trinajstić information content (AvgIpc) is 2.61. The minimum atomic E-state index is -0.483. The number of esters is 1. The first-order chi connectivity index (χ1) is 11.5. The number of ether oxygens (including phenoxy) is 1. The van der Waals surface area contributed by atoms with Crippen LogP contribution in [0.4, 0.5) is 5.69 Å². The van der Waals surface area contributed by atoms with Crippen LogP contribution in [0.25, 0.3) is 6.08 Å². The molecule has 0 bridgehead atoms. The molecule has 5 nitrogen and oxygen atoms in total. The van der Waals surface area contributed by atoms with Gasteiger partial charge in [-0.2, -0.15) is 5.26 Å². The number of anilines is 1. The van der Waals surface area contributed by atoms with E-state index in [4.69, 9.17) is 0 Å². The summed E-state index contributed by atoms with van der Waals surface area (Å²) in [6.07, 6.45) is 1.47. The van der Waals surface area contributed by atoms with Gasteiger partial charge in [-0.05, 0) is 42.3 Å². The Morgan fingerprint density at radius 1 is 1.12 bits per heavy atom. The number of hydrogen-bond acceptors (Lipinski definition) is 4. The Hall–Kier alpha value is -3.39. The smallest absolute Gasteiger partial charge is 0.337 e. The molecular weight excluding hydrogens is 304 g/mol. The minimum absolute atomic E-state index is 0.0240. The Balaban J connectivity index is 2.20. The molecule has 1 amide bonds. The van der Waals surface area contributed by atoms with Gasteiger partial charge in [-0.15, -0.1) is 0 Å². The minimum Gasteiger partial charge on any atom is -0.465 e. The number of benzene rings is 2. The molecule has 0 heterocycles. The van der Waals surface area contributed by atoms with Gasteiger partial charge in [-0.25, -0.2) is 4.79 Å². The molecule has 0 spiro atoms. The van der Waals surface area contributed by atoms with Crippen molar-refractivity contribution in [3.8, 4) is 6.07 Å². The van der Waals surface area contributed by atoms with Gasteiger partial charge in [0.25, 0.3) is 5.91 Å². The van der Waals surface area contributed by atoms with Crippen LogP contribution >= 0.6 is 0 Å². The molecule has 0 atom stereocenters. The summed E-state index contributed by atoms with van der Waals surface area (Å²) in [7, 11) is 1.31. The highest BCUT2D eigenvalue weighted by Gasteiger charge is 2.11. The summed E-state index contributed by atoms with van der Waals surface area (Å²) in [6.45, 7) is 1.87. The first-order valence-electron chi connectivity index (χ1n) is 7.22. The van der Waals surface area contributed by atoms with Gasteiger partial charge in [0.2, 0.25) is 0 Å². The summed E-state index contributed by atoms with van der Waals surface area (Å²) in [5.41, 5.74) is 2.58. The van der Waals surface area contributed by atoms with Gasteiger partial charge in [-0.3, -0.25) is 4.79 Å². The van der Waals surface area contributed by atoms with Crippen LogP contribution < -0.4 is 5.32 Å². The highest BCUT2D eigenvalue weighted by molar-refractivity contribution is 6.10. The van der Waals surface area contributed by atoms with Crippen molar-refractivity contribution < 1.29 is 14.3 Å². The zero-order valence-electron chi connectivity index (χ0n) is 13.4. The van der Waals surface area contributed by atoms with Crippen molar-refractivity contribution in [3.63, 3.8) is 0 Å². The normalized spacial score (nSPS) is 10.6. The van der Waals surface area contributed by atoms with Gasteiger partial charge in [0.1, 0.15) is 11.6 Å². The van der Waals surface area contributed by atoms with Crippen molar-refractivity contribution in [2.75, 3.05) is 12.4 Å². The van der Waals surface area contributed by atoms with Gasteiger partial charge in [0.15, 0.2) is 0 Å². The quantitative estimate of drug-likeness (QED) is 0.532. The highest BCUT2D eigenvalue weighted by Crippen LogP contribution is 2.15. The molecule has 0 aliphatic carbocycles. The largest absolute Gasteiger partial charge is 0.465 e. The Kier molecular flexibility index (Phi) is 5.48. The lowest BCUT2D eigenvalue weighted by Crippen LogP contribution is -2.14. The molecule has 0 unspecified atom stereocenters. The van der Waals surface area contributed by atoms with Gasteiger partial charge < -0.3 is 10.1 Å². The average molecular weight is 320 g/mol. The summed E-state index contributed by atoms with van der Waals surface area (Å²) in [4.78, 5) is 23.6. The monoisotopic (exact) mass is 320 g/mol. The zero-order valence-corrected chi connectivity index (χ0v) is 13.4. The number of para-hydroxylation sites is 1. The molecule has 0 saturated carbocycles. The van der Waals surface area contributed by atoms with Gasteiger partial charge in [-0.1, -0.05) is 30.3 Å². The maximum Gasteiger partial charge on any atom is 0.337 e. The lowest BCUT2D eigenvalue weighted by atomic mass is 10.1. The standard InChI is InChI=1S/C19H16N2O3/c1-13-5-3-4-6-17(13)21-18(22)16(12-20)11-14-7-9-15(10-8-14)19(23)24-2/h3-11H,1-2H3,(H,21,22). The summed E-state index contributed by atoms with van der Waals surface area (Å²) in [5, 5.41) is 11.9. The molecule has 0 radical (unpaired) electrons. The summed E-state index contributed by atoms with van der Waals surface area (Å²) >= 11 is 0. The van der Waals surface area contributed by atoms with Crippen molar-refractivity contribution >= 4 is 23.6 Å². The molecule has 0 saturated heterocycles. The number of amides is 1. The van der Waals surface area contributed by atoms with Gasteiger partial charge >= 0.3 is 5.97 Å². The Morgan fingerprint density at radius 2 is 1.79 bits per heavy atom. The van der Waals surface area contributed by atoms with Crippen molar-refractivity contribution in [3.05, 3.63) is 70.8 Å². The molecule has 0 aromatic heterocycles. The van der Waals surface area contributed by atoms with Crippen molar-refractivity contribution in [2.45, 2.75) is 6.92 Å². The fourth-order valence-electron chi connectivity index (χ4n) is 2.05. The van der Waals surface area contributed by atoms with Crippen LogP contribution in [0.3, 0.4) is 0 Å². The molecule has 120 valence electrons. The molecule has 0 aliphatic heterocycles.